The number of aliphatic carboxylic acids is 1. The van der Waals surface area contributed by atoms with E-state index in [2.05, 4.69) is 9.97 Å². The molecule has 0 amide bonds. The Labute approximate surface area is 120 Å². The van der Waals surface area contributed by atoms with Crippen LogP contribution in [0.3, 0.4) is 0 Å². The molecule has 0 fully saturated rings. The van der Waals surface area contributed by atoms with Gasteiger partial charge in [0, 0.05) is 18.6 Å². The van der Waals surface area contributed by atoms with Crippen LogP contribution in [-0.2, 0) is 17.8 Å². The maximum atomic E-state index is 10.7. The molecule has 1 N–H and O–H groups in total. The van der Waals surface area contributed by atoms with Crippen LogP contribution >= 0.6 is 0 Å². The van der Waals surface area contributed by atoms with Crippen molar-refractivity contribution in [3.05, 3.63) is 60.2 Å². The second-order valence-electron chi connectivity index (χ2n) is 4.57. The number of hydrogen-bond donors (Lipinski definition) is 1. The summed E-state index contributed by atoms with van der Waals surface area (Å²) in [6.07, 6.45) is 5.38. The fourth-order valence-corrected chi connectivity index (χ4v) is 2.03. The van der Waals surface area contributed by atoms with Crippen molar-refractivity contribution in [1.29, 1.82) is 0 Å². The minimum absolute atomic E-state index is 0.0184. The van der Waals surface area contributed by atoms with Crippen molar-refractivity contribution < 1.29 is 14.6 Å². The molecule has 106 valence electrons. The van der Waals surface area contributed by atoms with E-state index in [9.17, 15) is 4.79 Å². The van der Waals surface area contributed by atoms with Crippen molar-refractivity contribution in [3.8, 4) is 5.75 Å². The normalized spacial score (nSPS) is 10.7. The number of imidazole rings is 1. The fraction of sp³-hybridized carbons (Fsp3) is 0.133. The lowest BCUT2D eigenvalue weighted by atomic mass is 10.1. The lowest BCUT2D eigenvalue weighted by molar-refractivity contribution is -0.136. The first-order valence-corrected chi connectivity index (χ1v) is 6.43. The lowest BCUT2D eigenvalue weighted by Crippen LogP contribution is -2.01. The Morgan fingerprint density at radius 2 is 2.24 bits per heavy atom. The average molecular weight is 283 g/mol. The summed E-state index contributed by atoms with van der Waals surface area (Å²) in [7, 11) is 0. The molecule has 0 unspecified atom stereocenters. The third kappa shape index (κ3) is 3.17. The second-order valence-corrected chi connectivity index (χ2v) is 4.57. The van der Waals surface area contributed by atoms with Crippen LogP contribution in [0.4, 0.5) is 0 Å². The third-order valence-corrected chi connectivity index (χ3v) is 2.93. The predicted molar refractivity (Wildman–Crippen MR) is 75.1 cm³/mol. The number of benzene rings is 1. The van der Waals surface area contributed by atoms with Crippen LogP contribution in [0, 0.1) is 0 Å². The SMILES string of the molecule is O=C(O)Cc1cccc(OCc2cn3cccnc3n2)c1. The zero-order chi connectivity index (χ0) is 14.7. The van der Waals surface area contributed by atoms with E-state index in [0.29, 0.717) is 23.7 Å². The van der Waals surface area contributed by atoms with Gasteiger partial charge < -0.3 is 9.84 Å². The van der Waals surface area contributed by atoms with E-state index in [1.165, 1.54) is 0 Å². The molecule has 6 heteroatoms. The molecule has 0 aliphatic heterocycles. The monoisotopic (exact) mass is 283 g/mol. The van der Waals surface area contributed by atoms with Crippen LogP contribution in [0.15, 0.2) is 48.9 Å². The molecule has 3 aromatic rings. The minimum atomic E-state index is -0.862. The van der Waals surface area contributed by atoms with E-state index >= 15 is 0 Å². The van der Waals surface area contributed by atoms with Gasteiger partial charge >= 0.3 is 5.97 Å². The van der Waals surface area contributed by atoms with Gasteiger partial charge in [-0.3, -0.25) is 9.20 Å². The maximum Gasteiger partial charge on any atom is 0.307 e. The van der Waals surface area contributed by atoms with Gasteiger partial charge in [-0.25, -0.2) is 9.97 Å². The molecule has 0 saturated carbocycles. The zero-order valence-corrected chi connectivity index (χ0v) is 11.1. The molecule has 3 rings (SSSR count). The summed E-state index contributed by atoms with van der Waals surface area (Å²) in [5.41, 5.74) is 1.47. The van der Waals surface area contributed by atoms with Crippen molar-refractivity contribution in [3.63, 3.8) is 0 Å². The van der Waals surface area contributed by atoms with Crippen molar-refractivity contribution >= 4 is 11.7 Å². The summed E-state index contributed by atoms with van der Waals surface area (Å²) in [5.74, 6) is 0.382. The summed E-state index contributed by atoms with van der Waals surface area (Å²) in [4.78, 5) is 19.2. The third-order valence-electron chi connectivity index (χ3n) is 2.93. The first kappa shape index (κ1) is 13.1. The van der Waals surface area contributed by atoms with Crippen LogP contribution in [0.5, 0.6) is 5.75 Å². The quantitative estimate of drug-likeness (QED) is 0.774. The largest absolute Gasteiger partial charge is 0.487 e. The highest BCUT2D eigenvalue weighted by Crippen LogP contribution is 2.15. The summed E-state index contributed by atoms with van der Waals surface area (Å²) in [6, 6.07) is 8.88. The summed E-state index contributed by atoms with van der Waals surface area (Å²) in [5, 5.41) is 8.79. The number of rotatable bonds is 5. The molecule has 0 saturated heterocycles. The highest BCUT2D eigenvalue weighted by molar-refractivity contribution is 5.70. The number of carboxylic acids is 1. The van der Waals surface area contributed by atoms with E-state index in [1.54, 1.807) is 30.5 Å². The molecule has 0 aliphatic carbocycles. The van der Waals surface area contributed by atoms with Crippen LogP contribution in [0.2, 0.25) is 0 Å². The van der Waals surface area contributed by atoms with E-state index in [0.717, 1.165) is 5.69 Å². The molecule has 0 bridgehead atoms. The molecule has 2 heterocycles. The minimum Gasteiger partial charge on any atom is -0.487 e. The Bertz CT molecular complexity index is 749. The average Bonchev–Trinajstić information content (AvgIpc) is 2.87. The van der Waals surface area contributed by atoms with Gasteiger partial charge in [0.1, 0.15) is 12.4 Å². The van der Waals surface area contributed by atoms with Crippen molar-refractivity contribution in [1.82, 2.24) is 14.4 Å². The molecule has 1 aromatic carbocycles. The lowest BCUT2D eigenvalue weighted by Gasteiger charge is -2.05. The second kappa shape index (κ2) is 5.62. The number of fused-ring (bicyclic) bond motifs is 1. The van der Waals surface area contributed by atoms with Crippen LogP contribution in [0.1, 0.15) is 11.3 Å². The molecule has 2 aromatic heterocycles. The van der Waals surface area contributed by atoms with Crippen LogP contribution < -0.4 is 4.74 Å². The number of nitrogens with zero attached hydrogens (tertiary/aromatic N) is 3. The number of carboxylic acid groups (broad SMARTS) is 1. The van der Waals surface area contributed by atoms with Crippen molar-refractivity contribution in [2.45, 2.75) is 13.0 Å². The fourth-order valence-electron chi connectivity index (χ4n) is 2.03. The van der Waals surface area contributed by atoms with Crippen LogP contribution in [0.25, 0.3) is 5.78 Å². The first-order valence-electron chi connectivity index (χ1n) is 6.43. The van der Waals surface area contributed by atoms with Crippen molar-refractivity contribution in [2.24, 2.45) is 0 Å². The van der Waals surface area contributed by atoms with Crippen LogP contribution in [-0.4, -0.2) is 25.4 Å². The van der Waals surface area contributed by atoms with Gasteiger partial charge in [0.15, 0.2) is 0 Å². The van der Waals surface area contributed by atoms with E-state index in [4.69, 9.17) is 9.84 Å². The van der Waals surface area contributed by atoms with E-state index in [-0.39, 0.29) is 6.42 Å². The molecule has 0 radical (unpaired) electrons. The van der Waals surface area contributed by atoms with Gasteiger partial charge in [-0.2, -0.15) is 0 Å². The first-order chi connectivity index (χ1) is 10.2. The zero-order valence-electron chi connectivity index (χ0n) is 11.1. The molecule has 0 atom stereocenters. The molecular formula is C15H13N3O3. The Morgan fingerprint density at radius 3 is 3.05 bits per heavy atom. The summed E-state index contributed by atoms with van der Waals surface area (Å²) in [6.45, 7) is 0.305. The number of ether oxygens (including phenoxy) is 1. The Balaban J connectivity index is 1.70. The Hall–Kier alpha value is -2.89. The molecule has 6 nitrogen and oxygen atoms in total. The predicted octanol–water partition coefficient (Wildman–Crippen LogP) is 1.94. The van der Waals surface area contributed by atoms with Gasteiger partial charge in [-0.1, -0.05) is 12.1 Å². The van der Waals surface area contributed by atoms with Crippen molar-refractivity contribution in [2.75, 3.05) is 0 Å². The smallest absolute Gasteiger partial charge is 0.307 e. The standard InChI is InChI=1S/C15H13N3O3/c19-14(20)8-11-3-1-4-13(7-11)21-10-12-9-18-6-2-5-16-15(18)17-12/h1-7,9H,8,10H2,(H,19,20). The Morgan fingerprint density at radius 1 is 1.33 bits per heavy atom. The van der Waals surface area contributed by atoms with E-state index in [1.807, 2.05) is 22.9 Å². The van der Waals surface area contributed by atoms with Gasteiger partial charge in [-0.15, -0.1) is 0 Å². The van der Waals surface area contributed by atoms with Gasteiger partial charge in [0.05, 0.1) is 12.1 Å². The van der Waals surface area contributed by atoms with Gasteiger partial charge in [0.2, 0.25) is 5.78 Å². The number of aromatic nitrogens is 3. The highest BCUT2D eigenvalue weighted by Gasteiger charge is 2.05. The molecular weight excluding hydrogens is 270 g/mol. The molecule has 0 spiro atoms. The highest BCUT2D eigenvalue weighted by atomic mass is 16.5. The molecule has 21 heavy (non-hydrogen) atoms. The number of carbonyl (C=O) groups is 1. The van der Waals surface area contributed by atoms with Gasteiger partial charge in [0.25, 0.3) is 0 Å². The maximum absolute atomic E-state index is 10.7. The van der Waals surface area contributed by atoms with Gasteiger partial charge in [-0.05, 0) is 23.8 Å². The van der Waals surface area contributed by atoms with E-state index < -0.39 is 5.97 Å². The summed E-state index contributed by atoms with van der Waals surface area (Å²) >= 11 is 0. The Kier molecular flexibility index (Phi) is 3.51. The number of hydrogen-bond acceptors (Lipinski definition) is 4. The topological polar surface area (TPSA) is 76.7 Å². The summed E-state index contributed by atoms with van der Waals surface area (Å²) < 4.78 is 7.47. The molecule has 0 aliphatic rings.